The normalized spacial score (nSPS) is 11.8. The highest BCUT2D eigenvalue weighted by Crippen LogP contribution is 2.29. The number of rotatable bonds is 8. The first kappa shape index (κ1) is 26.2. The number of methoxy groups -OCH3 is 2. The molecule has 37 heavy (non-hydrogen) atoms. The Bertz CT molecular complexity index is 1490. The average molecular weight is 521 g/mol. The zero-order valence-corrected chi connectivity index (χ0v) is 22.0. The van der Waals surface area contributed by atoms with Crippen molar-refractivity contribution in [3.05, 3.63) is 93.5 Å². The van der Waals surface area contributed by atoms with E-state index in [0.717, 1.165) is 5.56 Å². The second-order valence-electron chi connectivity index (χ2n) is 8.61. The third kappa shape index (κ3) is 5.60. The SMILES string of the molecule is COCCN(C(=O)Nc1cccc(Cl)c1)C(C)c1nc2ccccc2c(=O)n1-c1cc(C)ccc1OC. The number of hydrogen-bond acceptors (Lipinski definition) is 5. The standard InChI is InChI=1S/C28H29ClN4O4/c1-18-12-13-25(37-4)24(16-18)33-26(31-23-11-6-5-10-22(23)27(33)34)19(2)32(14-15-36-3)28(35)30-21-9-7-8-20(29)17-21/h5-13,16-17,19H,14-15H2,1-4H3,(H,30,35). The Balaban J connectivity index is 1.88. The number of amides is 2. The minimum atomic E-state index is -0.614. The summed E-state index contributed by atoms with van der Waals surface area (Å²) >= 11 is 6.11. The number of para-hydroxylation sites is 1. The van der Waals surface area contributed by atoms with E-state index in [4.69, 9.17) is 26.1 Å². The Morgan fingerprint density at radius 3 is 2.62 bits per heavy atom. The van der Waals surface area contributed by atoms with Gasteiger partial charge in [0.05, 0.1) is 36.3 Å². The maximum Gasteiger partial charge on any atom is 0.322 e. The molecule has 0 bridgehead atoms. The van der Waals surface area contributed by atoms with Gasteiger partial charge in [-0.3, -0.25) is 9.36 Å². The number of fused-ring (bicyclic) bond motifs is 1. The second-order valence-corrected chi connectivity index (χ2v) is 9.04. The van der Waals surface area contributed by atoms with Crippen molar-refractivity contribution in [3.8, 4) is 11.4 Å². The first-order valence-electron chi connectivity index (χ1n) is 11.8. The molecule has 1 unspecified atom stereocenters. The van der Waals surface area contributed by atoms with Gasteiger partial charge in [0.2, 0.25) is 0 Å². The van der Waals surface area contributed by atoms with Gasteiger partial charge in [-0.1, -0.05) is 35.9 Å². The molecule has 4 aromatic rings. The average Bonchev–Trinajstić information content (AvgIpc) is 2.88. The maximum absolute atomic E-state index is 13.9. The number of nitrogens with one attached hydrogen (secondary N) is 1. The van der Waals surface area contributed by atoms with Crippen molar-refractivity contribution >= 4 is 34.2 Å². The Labute approximate surface area is 220 Å². The number of urea groups is 1. The maximum atomic E-state index is 13.9. The van der Waals surface area contributed by atoms with Crippen molar-refractivity contribution < 1.29 is 14.3 Å². The lowest BCUT2D eigenvalue weighted by Crippen LogP contribution is -2.41. The Morgan fingerprint density at radius 1 is 1.11 bits per heavy atom. The van der Waals surface area contributed by atoms with Crippen molar-refractivity contribution in [2.24, 2.45) is 0 Å². The van der Waals surface area contributed by atoms with E-state index in [2.05, 4.69) is 5.32 Å². The van der Waals surface area contributed by atoms with Gasteiger partial charge >= 0.3 is 6.03 Å². The molecule has 0 aliphatic heterocycles. The minimum absolute atomic E-state index is 0.252. The first-order valence-corrected chi connectivity index (χ1v) is 12.2. The Hall–Kier alpha value is -3.88. The van der Waals surface area contributed by atoms with Crippen molar-refractivity contribution in [1.82, 2.24) is 14.5 Å². The molecule has 0 aliphatic rings. The van der Waals surface area contributed by atoms with Crippen LogP contribution in [0.2, 0.25) is 5.02 Å². The lowest BCUT2D eigenvalue weighted by atomic mass is 10.1. The van der Waals surface area contributed by atoms with Gasteiger partial charge in [-0.2, -0.15) is 0 Å². The van der Waals surface area contributed by atoms with Crippen molar-refractivity contribution in [2.45, 2.75) is 19.9 Å². The number of halogens is 1. The van der Waals surface area contributed by atoms with Crippen LogP contribution in [0.25, 0.3) is 16.6 Å². The molecular weight excluding hydrogens is 492 g/mol. The summed E-state index contributed by atoms with van der Waals surface area (Å²) in [5.74, 6) is 0.912. The Kier molecular flexibility index (Phi) is 8.11. The van der Waals surface area contributed by atoms with Gasteiger partial charge in [0.25, 0.3) is 5.56 Å². The van der Waals surface area contributed by atoms with Gasteiger partial charge in [0, 0.05) is 24.4 Å². The zero-order valence-electron chi connectivity index (χ0n) is 21.2. The smallest absolute Gasteiger partial charge is 0.322 e. The van der Waals surface area contributed by atoms with Crippen LogP contribution in [0.5, 0.6) is 5.75 Å². The fourth-order valence-electron chi connectivity index (χ4n) is 4.20. The second kappa shape index (κ2) is 11.5. The van der Waals surface area contributed by atoms with Gasteiger partial charge in [-0.15, -0.1) is 0 Å². The van der Waals surface area contributed by atoms with Crippen LogP contribution in [-0.4, -0.2) is 47.9 Å². The number of aromatic nitrogens is 2. The molecule has 1 aromatic heterocycles. The topological polar surface area (TPSA) is 85.7 Å². The molecule has 0 spiro atoms. The van der Waals surface area contributed by atoms with Gasteiger partial charge in [0.15, 0.2) is 0 Å². The van der Waals surface area contributed by atoms with Crippen LogP contribution in [0.1, 0.15) is 24.4 Å². The molecule has 0 saturated heterocycles. The number of hydrogen-bond donors (Lipinski definition) is 1. The highest BCUT2D eigenvalue weighted by Gasteiger charge is 2.28. The van der Waals surface area contributed by atoms with Gasteiger partial charge in [-0.25, -0.2) is 9.78 Å². The first-order chi connectivity index (χ1) is 17.8. The molecule has 0 saturated carbocycles. The zero-order chi connectivity index (χ0) is 26.5. The number of carbonyl (C=O) groups excluding carboxylic acids is 1. The van der Waals surface area contributed by atoms with E-state index in [-0.39, 0.29) is 18.1 Å². The van der Waals surface area contributed by atoms with Gasteiger partial charge in [0.1, 0.15) is 11.6 Å². The third-order valence-electron chi connectivity index (χ3n) is 6.09. The molecule has 1 atom stereocenters. The van der Waals surface area contributed by atoms with Crippen LogP contribution < -0.4 is 15.6 Å². The molecule has 0 radical (unpaired) electrons. The number of ether oxygens (including phenoxy) is 2. The van der Waals surface area contributed by atoms with Crippen LogP contribution in [0.3, 0.4) is 0 Å². The fraction of sp³-hybridized carbons (Fsp3) is 0.250. The molecule has 3 aromatic carbocycles. The largest absolute Gasteiger partial charge is 0.495 e. The summed E-state index contributed by atoms with van der Waals surface area (Å²) in [4.78, 5) is 33.8. The van der Waals surface area contributed by atoms with Crippen molar-refractivity contribution in [3.63, 3.8) is 0 Å². The highest BCUT2D eigenvalue weighted by molar-refractivity contribution is 6.30. The van der Waals surface area contributed by atoms with Crippen LogP contribution >= 0.6 is 11.6 Å². The number of anilines is 1. The van der Waals surface area contributed by atoms with Gasteiger partial charge in [-0.05, 0) is 61.9 Å². The van der Waals surface area contributed by atoms with E-state index < -0.39 is 6.04 Å². The lowest BCUT2D eigenvalue weighted by Gasteiger charge is -2.30. The summed E-state index contributed by atoms with van der Waals surface area (Å²) in [5, 5.41) is 3.86. The molecule has 1 N–H and O–H groups in total. The van der Waals surface area contributed by atoms with Crippen molar-refractivity contribution in [1.29, 1.82) is 0 Å². The summed E-state index contributed by atoms with van der Waals surface area (Å²) in [7, 11) is 3.12. The predicted octanol–water partition coefficient (Wildman–Crippen LogP) is 5.60. The van der Waals surface area contributed by atoms with Crippen LogP contribution in [0.15, 0.2) is 71.5 Å². The molecule has 9 heteroatoms. The van der Waals surface area contributed by atoms with Gasteiger partial charge < -0.3 is 19.7 Å². The molecule has 192 valence electrons. The summed E-state index contributed by atoms with van der Waals surface area (Å²) in [5.41, 5.74) is 2.34. The van der Waals surface area contributed by atoms with E-state index in [1.807, 2.05) is 38.1 Å². The summed E-state index contributed by atoms with van der Waals surface area (Å²) in [6.45, 7) is 4.33. The summed E-state index contributed by atoms with van der Waals surface area (Å²) < 4.78 is 12.4. The van der Waals surface area contributed by atoms with E-state index >= 15 is 0 Å². The Morgan fingerprint density at radius 2 is 1.89 bits per heavy atom. The monoisotopic (exact) mass is 520 g/mol. The summed E-state index contributed by atoms with van der Waals surface area (Å²) in [6.07, 6.45) is 0. The fourth-order valence-corrected chi connectivity index (χ4v) is 4.39. The number of nitrogens with zero attached hydrogens (tertiary/aromatic N) is 3. The molecule has 0 aliphatic carbocycles. The summed E-state index contributed by atoms with van der Waals surface area (Å²) in [6, 6.07) is 18.7. The van der Waals surface area contributed by atoms with E-state index in [9.17, 15) is 9.59 Å². The third-order valence-corrected chi connectivity index (χ3v) is 6.33. The van der Waals surface area contributed by atoms with E-state index in [1.54, 1.807) is 61.6 Å². The molecular formula is C28H29ClN4O4. The number of carbonyl (C=O) groups is 1. The highest BCUT2D eigenvalue weighted by atomic mass is 35.5. The predicted molar refractivity (Wildman–Crippen MR) is 146 cm³/mol. The quantitative estimate of drug-likeness (QED) is 0.327. The van der Waals surface area contributed by atoms with Crippen LogP contribution in [0.4, 0.5) is 10.5 Å². The minimum Gasteiger partial charge on any atom is -0.495 e. The molecule has 2 amide bonds. The number of aryl methyl sites for hydroxylation is 1. The van der Waals surface area contributed by atoms with E-state index in [0.29, 0.717) is 45.5 Å². The van der Waals surface area contributed by atoms with Crippen LogP contribution in [-0.2, 0) is 4.74 Å². The molecule has 1 heterocycles. The lowest BCUT2D eigenvalue weighted by molar-refractivity contribution is 0.137. The molecule has 0 fully saturated rings. The van der Waals surface area contributed by atoms with Crippen molar-refractivity contribution in [2.75, 3.05) is 32.7 Å². The van der Waals surface area contributed by atoms with Crippen LogP contribution in [0, 0.1) is 6.92 Å². The molecule has 4 rings (SSSR count). The molecule has 8 nitrogen and oxygen atoms in total. The number of benzene rings is 3. The van der Waals surface area contributed by atoms with E-state index in [1.165, 1.54) is 4.57 Å².